The van der Waals surface area contributed by atoms with Crippen molar-refractivity contribution in [3.8, 4) is 5.75 Å². The van der Waals surface area contributed by atoms with E-state index in [9.17, 15) is 0 Å². The van der Waals surface area contributed by atoms with Gasteiger partial charge in [-0.15, -0.1) is 0 Å². The summed E-state index contributed by atoms with van der Waals surface area (Å²) in [7, 11) is 1.67. The second-order valence-electron chi connectivity index (χ2n) is 4.44. The summed E-state index contributed by atoms with van der Waals surface area (Å²) in [6.45, 7) is 4.08. The summed E-state index contributed by atoms with van der Waals surface area (Å²) >= 11 is 0. The van der Waals surface area contributed by atoms with Crippen LogP contribution in [0.15, 0.2) is 36.4 Å². The second-order valence-corrected chi connectivity index (χ2v) is 4.44. The van der Waals surface area contributed by atoms with Gasteiger partial charge in [0.05, 0.1) is 7.11 Å². The molecule has 2 aromatic rings. The molecule has 0 atom stereocenters. The van der Waals surface area contributed by atoms with Crippen molar-refractivity contribution in [2.75, 3.05) is 18.2 Å². The first-order chi connectivity index (χ1) is 8.58. The van der Waals surface area contributed by atoms with E-state index in [2.05, 4.69) is 11.4 Å². The molecule has 94 valence electrons. The summed E-state index contributed by atoms with van der Waals surface area (Å²) < 4.78 is 5.19. The van der Waals surface area contributed by atoms with Gasteiger partial charge < -0.3 is 15.8 Å². The highest BCUT2D eigenvalue weighted by Crippen LogP contribution is 2.26. The van der Waals surface area contributed by atoms with Crippen molar-refractivity contribution in [2.45, 2.75) is 13.8 Å². The Hall–Kier alpha value is -2.16. The zero-order chi connectivity index (χ0) is 13.1. The van der Waals surface area contributed by atoms with Gasteiger partial charge in [-0.3, -0.25) is 0 Å². The van der Waals surface area contributed by atoms with Crippen molar-refractivity contribution in [3.63, 3.8) is 0 Å². The lowest BCUT2D eigenvalue weighted by atomic mass is 10.1. The van der Waals surface area contributed by atoms with Crippen LogP contribution < -0.4 is 15.8 Å². The van der Waals surface area contributed by atoms with Gasteiger partial charge in [-0.2, -0.15) is 0 Å². The zero-order valence-corrected chi connectivity index (χ0v) is 10.9. The van der Waals surface area contributed by atoms with E-state index >= 15 is 0 Å². The first-order valence-corrected chi connectivity index (χ1v) is 5.87. The van der Waals surface area contributed by atoms with Gasteiger partial charge in [0.2, 0.25) is 0 Å². The predicted molar refractivity (Wildman–Crippen MR) is 76.6 cm³/mol. The zero-order valence-electron chi connectivity index (χ0n) is 10.9. The third-order valence-corrected chi connectivity index (χ3v) is 2.81. The number of benzene rings is 2. The van der Waals surface area contributed by atoms with Crippen LogP contribution in [-0.2, 0) is 0 Å². The number of rotatable bonds is 3. The van der Waals surface area contributed by atoms with Gasteiger partial charge in [-0.05, 0) is 61.4 Å². The van der Waals surface area contributed by atoms with Crippen LogP contribution in [0.25, 0.3) is 0 Å². The molecule has 0 unspecified atom stereocenters. The van der Waals surface area contributed by atoms with Gasteiger partial charge in [0.1, 0.15) is 5.75 Å². The van der Waals surface area contributed by atoms with Gasteiger partial charge >= 0.3 is 0 Å². The maximum atomic E-state index is 5.84. The van der Waals surface area contributed by atoms with E-state index in [-0.39, 0.29) is 0 Å². The highest BCUT2D eigenvalue weighted by Gasteiger charge is 2.02. The highest BCUT2D eigenvalue weighted by atomic mass is 16.5. The number of nitrogen functional groups attached to an aromatic ring is 1. The van der Waals surface area contributed by atoms with Crippen LogP contribution in [0.3, 0.4) is 0 Å². The molecule has 3 heteroatoms. The molecular formula is C15H18N2O. The summed E-state index contributed by atoms with van der Waals surface area (Å²) in [6.07, 6.45) is 0. The topological polar surface area (TPSA) is 47.3 Å². The molecule has 18 heavy (non-hydrogen) atoms. The van der Waals surface area contributed by atoms with Crippen LogP contribution in [-0.4, -0.2) is 7.11 Å². The first-order valence-electron chi connectivity index (χ1n) is 5.87. The summed E-state index contributed by atoms with van der Waals surface area (Å²) in [6, 6.07) is 11.9. The average molecular weight is 242 g/mol. The molecule has 3 N–H and O–H groups in total. The van der Waals surface area contributed by atoms with E-state index in [1.165, 1.54) is 0 Å². The quantitative estimate of drug-likeness (QED) is 0.808. The molecule has 3 nitrogen and oxygen atoms in total. The number of methoxy groups -OCH3 is 1. The molecule has 0 fully saturated rings. The summed E-state index contributed by atoms with van der Waals surface area (Å²) in [5.74, 6) is 0.863. The first kappa shape index (κ1) is 12.3. The normalized spacial score (nSPS) is 10.2. The lowest BCUT2D eigenvalue weighted by Crippen LogP contribution is -1.96. The van der Waals surface area contributed by atoms with E-state index in [0.29, 0.717) is 0 Å². The largest absolute Gasteiger partial charge is 0.497 e. The van der Waals surface area contributed by atoms with Crippen LogP contribution in [0.1, 0.15) is 11.1 Å². The molecule has 0 saturated heterocycles. The molecule has 0 bridgehead atoms. The minimum Gasteiger partial charge on any atom is -0.497 e. The molecule has 0 radical (unpaired) electrons. The fourth-order valence-electron chi connectivity index (χ4n) is 1.94. The molecule has 0 amide bonds. The van der Waals surface area contributed by atoms with Gasteiger partial charge in [0, 0.05) is 17.1 Å². The minimum absolute atomic E-state index is 0.767. The molecule has 0 aliphatic heterocycles. The van der Waals surface area contributed by atoms with Gasteiger partial charge in [-0.1, -0.05) is 0 Å². The van der Waals surface area contributed by atoms with Crippen molar-refractivity contribution in [2.24, 2.45) is 0 Å². The van der Waals surface area contributed by atoms with Crippen LogP contribution in [0.5, 0.6) is 5.75 Å². The fourth-order valence-corrected chi connectivity index (χ4v) is 1.94. The maximum absolute atomic E-state index is 5.84. The number of hydrogen-bond acceptors (Lipinski definition) is 3. The van der Waals surface area contributed by atoms with Crippen molar-refractivity contribution in [3.05, 3.63) is 47.5 Å². The van der Waals surface area contributed by atoms with E-state index in [1.807, 2.05) is 44.2 Å². The van der Waals surface area contributed by atoms with Crippen LogP contribution in [0, 0.1) is 13.8 Å². The number of anilines is 3. The van der Waals surface area contributed by atoms with Crippen molar-refractivity contribution in [1.29, 1.82) is 0 Å². The Kier molecular flexibility index (Phi) is 3.42. The monoisotopic (exact) mass is 242 g/mol. The van der Waals surface area contributed by atoms with Crippen LogP contribution in [0.4, 0.5) is 17.1 Å². The Morgan fingerprint density at radius 3 is 2.44 bits per heavy atom. The van der Waals surface area contributed by atoms with Crippen LogP contribution in [0.2, 0.25) is 0 Å². The molecule has 2 rings (SSSR count). The second kappa shape index (κ2) is 5.00. The number of hydrogen-bond donors (Lipinski definition) is 2. The van der Waals surface area contributed by atoms with E-state index in [4.69, 9.17) is 10.5 Å². The standard InChI is InChI=1S/C15H18N2O/c1-10-6-12(16)9-13(7-10)17-15-5-4-14(18-3)8-11(15)2/h4-9,17H,16H2,1-3H3. The van der Waals surface area contributed by atoms with Crippen LogP contribution >= 0.6 is 0 Å². The third kappa shape index (κ3) is 2.74. The number of ether oxygens (including phenoxy) is 1. The lowest BCUT2D eigenvalue weighted by molar-refractivity contribution is 0.414. The fraction of sp³-hybridized carbons (Fsp3) is 0.200. The molecule has 0 heterocycles. The molecule has 0 saturated carbocycles. The number of aryl methyl sites for hydroxylation is 2. The number of nitrogens with two attached hydrogens (primary N) is 1. The van der Waals surface area contributed by atoms with Gasteiger partial charge in [0.25, 0.3) is 0 Å². The lowest BCUT2D eigenvalue weighted by Gasteiger charge is -2.12. The molecule has 0 aromatic heterocycles. The SMILES string of the molecule is COc1ccc(Nc2cc(C)cc(N)c2)c(C)c1. The van der Waals surface area contributed by atoms with E-state index in [0.717, 1.165) is 33.9 Å². The summed E-state index contributed by atoms with van der Waals surface area (Å²) in [5.41, 5.74) is 10.9. The van der Waals surface area contributed by atoms with Crippen molar-refractivity contribution in [1.82, 2.24) is 0 Å². The third-order valence-electron chi connectivity index (χ3n) is 2.81. The Bertz CT molecular complexity index is 544. The predicted octanol–water partition coefficient (Wildman–Crippen LogP) is 3.64. The van der Waals surface area contributed by atoms with Gasteiger partial charge in [0.15, 0.2) is 0 Å². The maximum Gasteiger partial charge on any atom is 0.119 e. The number of nitrogens with one attached hydrogen (secondary N) is 1. The molecule has 0 aliphatic rings. The molecular weight excluding hydrogens is 224 g/mol. The Balaban J connectivity index is 2.28. The molecule has 2 aromatic carbocycles. The van der Waals surface area contributed by atoms with E-state index in [1.54, 1.807) is 7.11 Å². The molecule has 0 aliphatic carbocycles. The Morgan fingerprint density at radius 2 is 1.83 bits per heavy atom. The Labute approximate surface area is 108 Å². The summed E-state index contributed by atoms with van der Waals surface area (Å²) in [4.78, 5) is 0. The van der Waals surface area contributed by atoms with Crippen molar-refractivity contribution >= 4 is 17.1 Å². The van der Waals surface area contributed by atoms with Gasteiger partial charge in [-0.25, -0.2) is 0 Å². The highest BCUT2D eigenvalue weighted by molar-refractivity contribution is 5.67. The van der Waals surface area contributed by atoms with Crippen molar-refractivity contribution < 1.29 is 4.74 Å². The molecule has 0 spiro atoms. The Morgan fingerprint density at radius 1 is 1.06 bits per heavy atom. The minimum atomic E-state index is 0.767. The summed E-state index contributed by atoms with van der Waals surface area (Å²) in [5, 5.41) is 3.37. The van der Waals surface area contributed by atoms with E-state index < -0.39 is 0 Å². The average Bonchev–Trinajstić information content (AvgIpc) is 2.30. The smallest absolute Gasteiger partial charge is 0.119 e.